The van der Waals surface area contributed by atoms with Gasteiger partial charge in [0.05, 0.1) is 7.11 Å². The van der Waals surface area contributed by atoms with E-state index in [1.54, 1.807) is 0 Å². The third-order valence-corrected chi connectivity index (χ3v) is 3.64. The molecule has 0 rings (SSSR count). The standard InChI is InChI=1S/C13H24Cl2O2/c1-3-4-5-8-11(14)9-6-7-10-12(15)13(16)17-2/h11-12H,3-10H2,1-2H3. The van der Waals surface area contributed by atoms with Gasteiger partial charge >= 0.3 is 5.97 Å². The van der Waals surface area contributed by atoms with Gasteiger partial charge in [0.25, 0.3) is 0 Å². The molecule has 0 saturated heterocycles. The number of halogens is 2. The number of alkyl halides is 2. The van der Waals surface area contributed by atoms with E-state index in [2.05, 4.69) is 11.7 Å². The quantitative estimate of drug-likeness (QED) is 0.335. The first-order chi connectivity index (χ1) is 8.11. The number of rotatable bonds is 10. The predicted molar refractivity (Wildman–Crippen MR) is 73.9 cm³/mol. The molecule has 0 aromatic heterocycles. The van der Waals surface area contributed by atoms with Crippen LogP contribution in [0, 0.1) is 0 Å². The van der Waals surface area contributed by atoms with Crippen LogP contribution in [0.2, 0.25) is 0 Å². The molecule has 0 aromatic carbocycles. The van der Waals surface area contributed by atoms with Gasteiger partial charge in [-0.1, -0.05) is 39.0 Å². The van der Waals surface area contributed by atoms with E-state index < -0.39 is 5.38 Å². The van der Waals surface area contributed by atoms with Crippen molar-refractivity contribution in [1.29, 1.82) is 0 Å². The molecule has 2 unspecified atom stereocenters. The van der Waals surface area contributed by atoms with E-state index in [1.807, 2.05) is 0 Å². The Morgan fingerprint density at radius 3 is 2.12 bits per heavy atom. The summed E-state index contributed by atoms with van der Waals surface area (Å²) in [7, 11) is 1.36. The summed E-state index contributed by atoms with van der Waals surface area (Å²) in [5.74, 6) is -0.336. The molecule has 102 valence electrons. The Bertz CT molecular complexity index is 198. The lowest BCUT2D eigenvalue weighted by atomic mass is 10.1. The summed E-state index contributed by atoms with van der Waals surface area (Å²) >= 11 is 12.0. The van der Waals surface area contributed by atoms with Gasteiger partial charge < -0.3 is 4.74 Å². The monoisotopic (exact) mass is 282 g/mol. The van der Waals surface area contributed by atoms with Crippen molar-refractivity contribution in [3.8, 4) is 0 Å². The number of carbonyl (C=O) groups is 1. The summed E-state index contributed by atoms with van der Waals surface area (Å²) in [5.41, 5.74) is 0. The molecule has 0 radical (unpaired) electrons. The fourth-order valence-corrected chi connectivity index (χ4v) is 2.25. The molecule has 0 bridgehead atoms. The van der Waals surface area contributed by atoms with E-state index >= 15 is 0 Å². The Balaban J connectivity index is 3.41. The van der Waals surface area contributed by atoms with E-state index in [-0.39, 0.29) is 11.3 Å². The zero-order chi connectivity index (χ0) is 13.1. The van der Waals surface area contributed by atoms with Crippen LogP contribution in [0.4, 0.5) is 0 Å². The highest BCUT2D eigenvalue weighted by Crippen LogP contribution is 2.17. The van der Waals surface area contributed by atoms with E-state index in [4.69, 9.17) is 23.2 Å². The van der Waals surface area contributed by atoms with E-state index in [0.717, 1.165) is 25.7 Å². The van der Waals surface area contributed by atoms with Crippen molar-refractivity contribution in [3.05, 3.63) is 0 Å². The normalized spacial score (nSPS) is 14.4. The second-order valence-electron chi connectivity index (χ2n) is 4.37. The van der Waals surface area contributed by atoms with Gasteiger partial charge in [0, 0.05) is 5.38 Å². The highest BCUT2D eigenvalue weighted by molar-refractivity contribution is 6.29. The molecule has 0 amide bonds. The van der Waals surface area contributed by atoms with Crippen LogP contribution in [0.25, 0.3) is 0 Å². The molecule has 0 aliphatic rings. The van der Waals surface area contributed by atoms with Crippen LogP contribution >= 0.6 is 23.2 Å². The van der Waals surface area contributed by atoms with Gasteiger partial charge in [0.1, 0.15) is 5.38 Å². The van der Waals surface area contributed by atoms with Crippen LogP contribution < -0.4 is 0 Å². The number of ether oxygens (including phenoxy) is 1. The predicted octanol–water partition coefficient (Wildman–Crippen LogP) is 4.51. The second kappa shape index (κ2) is 11.2. The second-order valence-corrected chi connectivity index (χ2v) is 5.51. The van der Waals surface area contributed by atoms with Crippen molar-refractivity contribution >= 4 is 29.2 Å². The molecule has 4 heteroatoms. The van der Waals surface area contributed by atoms with E-state index in [1.165, 1.54) is 26.4 Å². The molecule has 17 heavy (non-hydrogen) atoms. The minimum absolute atomic E-state index is 0.272. The maximum absolute atomic E-state index is 11.0. The number of carbonyl (C=O) groups excluding carboxylic acids is 1. The SMILES string of the molecule is CCCCCC(Cl)CCCCC(Cl)C(=O)OC. The van der Waals surface area contributed by atoms with Crippen LogP contribution in [0.1, 0.15) is 58.3 Å². The topological polar surface area (TPSA) is 26.3 Å². The van der Waals surface area contributed by atoms with Gasteiger partial charge in [0.2, 0.25) is 0 Å². The van der Waals surface area contributed by atoms with Crippen LogP contribution in [0.3, 0.4) is 0 Å². The zero-order valence-electron chi connectivity index (χ0n) is 10.9. The molecular formula is C13H24Cl2O2. The lowest BCUT2D eigenvalue weighted by Crippen LogP contribution is -2.15. The van der Waals surface area contributed by atoms with Crippen LogP contribution in [0.15, 0.2) is 0 Å². The number of hydrogen-bond donors (Lipinski definition) is 0. The largest absolute Gasteiger partial charge is 0.468 e. The Kier molecular flexibility index (Phi) is 11.2. The average Bonchev–Trinajstić information content (AvgIpc) is 2.33. The first kappa shape index (κ1) is 17.1. The minimum Gasteiger partial charge on any atom is -0.468 e. The van der Waals surface area contributed by atoms with Crippen molar-refractivity contribution in [3.63, 3.8) is 0 Å². The minimum atomic E-state index is -0.506. The molecular weight excluding hydrogens is 259 g/mol. The first-order valence-corrected chi connectivity index (χ1v) is 7.35. The summed E-state index contributed by atoms with van der Waals surface area (Å²) in [6.45, 7) is 2.19. The maximum Gasteiger partial charge on any atom is 0.323 e. The van der Waals surface area contributed by atoms with Crippen LogP contribution in [-0.4, -0.2) is 23.8 Å². The Labute approximate surface area is 115 Å². The number of hydrogen-bond acceptors (Lipinski definition) is 2. The van der Waals surface area contributed by atoms with Crippen molar-refractivity contribution < 1.29 is 9.53 Å². The Morgan fingerprint density at radius 2 is 1.59 bits per heavy atom. The fraction of sp³-hybridized carbons (Fsp3) is 0.923. The number of methoxy groups -OCH3 is 1. The summed E-state index contributed by atoms with van der Waals surface area (Å²) in [4.78, 5) is 11.0. The summed E-state index contributed by atoms with van der Waals surface area (Å²) in [5, 5.41) is -0.234. The van der Waals surface area contributed by atoms with Gasteiger partial charge in [-0.15, -0.1) is 23.2 Å². The molecule has 0 fully saturated rings. The maximum atomic E-state index is 11.0. The van der Waals surface area contributed by atoms with Crippen LogP contribution in [0.5, 0.6) is 0 Å². The van der Waals surface area contributed by atoms with Crippen LogP contribution in [-0.2, 0) is 9.53 Å². The van der Waals surface area contributed by atoms with Crippen molar-refractivity contribution in [2.75, 3.05) is 7.11 Å². The molecule has 0 spiro atoms. The summed E-state index contributed by atoms with van der Waals surface area (Å²) < 4.78 is 4.56. The Morgan fingerprint density at radius 1 is 1.06 bits per heavy atom. The lowest BCUT2D eigenvalue weighted by Gasteiger charge is -2.10. The van der Waals surface area contributed by atoms with Gasteiger partial charge in [0.15, 0.2) is 0 Å². The zero-order valence-corrected chi connectivity index (χ0v) is 12.4. The highest BCUT2D eigenvalue weighted by Gasteiger charge is 2.15. The van der Waals surface area contributed by atoms with E-state index in [9.17, 15) is 4.79 Å². The average molecular weight is 283 g/mol. The molecule has 0 aromatic rings. The van der Waals surface area contributed by atoms with Gasteiger partial charge in [-0.2, -0.15) is 0 Å². The molecule has 0 aliphatic carbocycles. The third kappa shape index (κ3) is 9.72. The molecule has 0 saturated carbocycles. The molecule has 0 heterocycles. The van der Waals surface area contributed by atoms with Crippen molar-refractivity contribution in [1.82, 2.24) is 0 Å². The molecule has 0 aliphatic heterocycles. The molecule has 2 nitrogen and oxygen atoms in total. The van der Waals surface area contributed by atoms with Crippen molar-refractivity contribution in [2.24, 2.45) is 0 Å². The molecule has 2 atom stereocenters. The van der Waals surface area contributed by atoms with Gasteiger partial charge in [-0.25, -0.2) is 0 Å². The summed E-state index contributed by atoms with van der Waals surface area (Å²) in [6, 6.07) is 0. The smallest absolute Gasteiger partial charge is 0.323 e. The number of unbranched alkanes of at least 4 members (excludes halogenated alkanes) is 3. The first-order valence-electron chi connectivity index (χ1n) is 6.47. The van der Waals surface area contributed by atoms with Gasteiger partial charge in [-0.05, 0) is 19.3 Å². The van der Waals surface area contributed by atoms with Gasteiger partial charge in [-0.3, -0.25) is 4.79 Å². The number of esters is 1. The third-order valence-electron chi connectivity index (χ3n) is 2.80. The lowest BCUT2D eigenvalue weighted by molar-refractivity contribution is -0.140. The van der Waals surface area contributed by atoms with Crippen molar-refractivity contribution in [2.45, 2.75) is 69.0 Å². The van der Waals surface area contributed by atoms with E-state index in [0.29, 0.717) is 6.42 Å². The fourth-order valence-electron chi connectivity index (χ4n) is 1.70. The highest BCUT2D eigenvalue weighted by atomic mass is 35.5. The molecule has 0 N–H and O–H groups in total. The Hall–Kier alpha value is 0.0500. The summed E-state index contributed by atoms with van der Waals surface area (Å²) in [6.07, 6.45) is 8.44.